The summed E-state index contributed by atoms with van der Waals surface area (Å²) in [6, 6.07) is 0. The van der Waals surface area contributed by atoms with Crippen LogP contribution in [0.15, 0.2) is 0 Å². The molecule has 0 atom stereocenters. The van der Waals surface area contributed by atoms with Crippen LogP contribution in [0.3, 0.4) is 0 Å². The Morgan fingerprint density at radius 1 is 0.205 bits per heavy atom. The van der Waals surface area contributed by atoms with E-state index in [0.29, 0.717) is 23.8 Å². The summed E-state index contributed by atoms with van der Waals surface area (Å²) in [4.78, 5) is 0. The van der Waals surface area contributed by atoms with Crippen LogP contribution in [0.5, 0.6) is 0 Å². The highest BCUT2D eigenvalue weighted by atomic mass is 31.1. The van der Waals surface area contributed by atoms with E-state index in [0.717, 1.165) is 0 Å². The third-order valence-electron chi connectivity index (χ3n) is 8.54. The molecule has 0 spiro atoms. The van der Waals surface area contributed by atoms with E-state index >= 15 is 0 Å². The Morgan fingerprint density at radius 2 is 0.385 bits per heavy atom. The zero-order chi connectivity index (χ0) is 28.7. The molecule has 0 heterocycles. The fraction of sp³-hybridized carbons (Fsp3) is 1.00. The van der Waals surface area contributed by atoms with E-state index in [2.05, 4.69) is 34.6 Å². The van der Waals surface area contributed by atoms with Gasteiger partial charge in [0.15, 0.2) is 0 Å². The molecule has 0 unspecified atom stereocenters. The molecule has 0 radical (unpaired) electrons. The van der Waals surface area contributed by atoms with Crippen molar-refractivity contribution in [2.24, 2.45) is 0 Å². The Morgan fingerprint density at radius 3 is 0.564 bits per heavy atom. The summed E-state index contributed by atoms with van der Waals surface area (Å²) in [5.74, 6) is 0. The minimum Gasteiger partial charge on any atom is -0.107 e. The van der Waals surface area contributed by atoms with Crippen LogP contribution in [0, 0.1) is 0 Å². The molecule has 0 aromatic heterocycles. The van der Waals surface area contributed by atoms with Crippen molar-refractivity contribution in [3.63, 3.8) is 0 Å². The van der Waals surface area contributed by atoms with Gasteiger partial charge in [0.2, 0.25) is 0 Å². The van der Waals surface area contributed by atoms with Crippen molar-refractivity contribution < 1.29 is 0 Å². The van der Waals surface area contributed by atoms with Crippen LogP contribution >= 0.6 is 23.8 Å². The molecule has 0 rings (SSSR count). The Hall–Kier alpha value is 1.29. The maximum absolute atomic E-state index is 2.37. The topological polar surface area (TPSA) is 0 Å². The number of rotatable bonds is 33. The van der Waals surface area contributed by atoms with Crippen molar-refractivity contribution in [3.05, 3.63) is 0 Å². The van der Waals surface area contributed by atoms with E-state index in [-0.39, 0.29) is 0 Å². The molecule has 0 N–H and O–H groups in total. The van der Waals surface area contributed by atoms with Crippen LogP contribution in [0.4, 0.5) is 0 Å². The van der Waals surface area contributed by atoms with E-state index in [1.807, 2.05) is 0 Å². The lowest BCUT2D eigenvalue weighted by Gasteiger charge is -2.23. The molecule has 0 aromatic carbocycles. The lowest BCUT2D eigenvalue weighted by Crippen LogP contribution is -2.03. The van der Waals surface area contributed by atoms with Gasteiger partial charge in [-0.15, -0.1) is 23.8 Å². The molecule has 0 fully saturated rings. The van der Waals surface area contributed by atoms with Gasteiger partial charge in [0.25, 0.3) is 0 Å². The Kier molecular flexibility index (Phi) is 34.9. The van der Waals surface area contributed by atoms with E-state index in [4.69, 9.17) is 0 Å². The quantitative estimate of drug-likeness (QED) is 0.0518. The van der Waals surface area contributed by atoms with Gasteiger partial charge in [0.05, 0.1) is 0 Å². The van der Waals surface area contributed by atoms with Gasteiger partial charge in [0.1, 0.15) is 0 Å². The fourth-order valence-electron chi connectivity index (χ4n) is 5.85. The molecule has 0 saturated heterocycles. The van der Waals surface area contributed by atoms with Crippen molar-refractivity contribution in [2.75, 3.05) is 55.5 Å². The maximum atomic E-state index is 2.37. The Labute approximate surface area is 254 Å². The van der Waals surface area contributed by atoms with Gasteiger partial charge in [-0.3, -0.25) is 0 Å². The summed E-state index contributed by atoms with van der Waals surface area (Å²) in [6.07, 6.45) is 47.0. The summed E-state index contributed by atoms with van der Waals surface area (Å²) >= 11 is 0. The van der Waals surface area contributed by atoms with Crippen molar-refractivity contribution in [2.45, 2.75) is 176 Å². The standard InChI is InChI=1S/C36H77P3/c1-6-11-16-21-28-37(29-22-17-12-7-2)33-26-35-39(32-25-20-15-10-5)36-27-34-38(30-23-18-13-8-3)31-24-19-14-9-4/h6-36H2,1-5H3. The number of hydrogen-bond donors (Lipinski definition) is 0. The van der Waals surface area contributed by atoms with Crippen LogP contribution in [0.25, 0.3) is 0 Å². The average molecular weight is 603 g/mol. The van der Waals surface area contributed by atoms with Gasteiger partial charge in [-0.2, -0.15) is 0 Å². The second-order valence-corrected chi connectivity index (χ2v) is 20.6. The van der Waals surface area contributed by atoms with Crippen LogP contribution in [0.1, 0.15) is 176 Å². The lowest BCUT2D eigenvalue weighted by atomic mass is 10.2. The first kappa shape index (κ1) is 40.3. The first-order valence-electron chi connectivity index (χ1n) is 18.4. The number of hydrogen-bond acceptors (Lipinski definition) is 0. The molecule has 236 valence electrons. The Balaban J connectivity index is 4.70. The lowest BCUT2D eigenvalue weighted by molar-refractivity contribution is 0.695. The van der Waals surface area contributed by atoms with Crippen LogP contribution in [-0.4, -0.2) is 55.5 Å². The van der Waals surface area contributed by atoms with Gasteiger partial charge >= 0.3 is 0 Å². The van der Waals surface area contributed by atoms with E-state index in [1.54, 1.807) is 68.3 Å². The molecule has 0 aliphatic carbocycles. The minimum atomic E-state index is 0.308. The SMILES string of the molecule is CCCCCCP(CCCCCC)CCCP(CCCCCC)CCCP(CCCCCC)CCCCCC. The zero-order valence-electron chi connectivity index (χ0n) is 28.3. The van der Waals surface area contributed by atoms with Crippen molar-refractivity contribution in [1.82, 2.24) is 0 Å². The third kappa shape index (κ3) is 29.2. The molecular weight excluding hydrogens is 525 g/mol. The van der Waals surface area contributed by atoms with Gasteiger partial charge in [-0.25, -0.2) is 0 Å². The molecule has 39 heavy (non-hydrogen) atoms. The van der Waals surface area contributed by atoms with Crippen molar-refractivity contribution >= 4 is 23.8 Å². The zero-order valence-corrected chi connectivity index (χ0v) is 30.9. The van der Waals surface area contributed by atoms with Gasteiger partial charge in [-0.1, -0.05) is 131 Å². The summed E-state index contributed by atoms with van der Waals surface area (Å²) in [7, 11) is 0.961. The molecule has 0 amide bonds. The predicted octanol–water partition coefficient (Wildman–Crippen LogP) is 14.1. The largest absolute Gasteiger partial charge is 0.107 e. The molecular formula is C36H77P3. The summed E-state index contributed by atoms with van der Waals surface area (Å²) in [6.45, 7) is 11.8. The van der Waals surface area contributed by atoms with E-state index < -0.39 is 0 Å². The molecule has 0 aromatic rings. The maximum Gasteiger partial charge on any atom is -0.0323 e. The molecule has 3 heteroatoms. The molecule has 0 nitrogen and oxygen atoms in total. The first-order valence-corrected chi connectivity index (χ1v) is 24.1. The average Bonchev–Trinajstić information content (AvgIpc) is 2.94. The monoisotopic (exact) mass is 603 g/mol. The normalized spacial score (nSPS) is 12.0. The fourth-order valence-corrected chi connectivity index (χ4v) is 14.1. The minimum absolute atomic E-state index is 0.308. The predicted molar refractivity (Wildman–Crippen MR) is 195 cm³/mol. The van der Waals surface area contributed by atoms with Gasteiger partial charge in [0, 0.05) is 0 Å². The highest BCUT2D eigenvalue weighted by Crippen LogP contribution is 2.45. The summed E-state index contributed by atoms with van der Waals surface area (Å²) in [5.41, 5.74) is 0. The third-order valence-corrected chi connectivity index (χ3v) is 17.1. The van der Waals surface area contributed by atoms with E-state index in [1.165, 1.54) is 128 Å². The smallest absolute Gasteiger partial charge is 0.0323 e. The van der Waals surface area contributed by atoms with Gasteiger partial charge < -0.3 is 0 Å². The van der Waals surface area contributed by atoms with Crippen LogP contribution in [0.2, 0.25) is 0 Å². The van der Waals surface area contributed by atoms with Crippen LogP contribution < -0.4 is 0 Å². The van der Waals surface area contributed by atoms with Crippen LogP contribution in [-0.2, 0) is 0 Å². The second-order valence-electron chi connectivity index (χ2n) is 12.5. The van der Waals surface area contributed by atoms with Crippen molar-refractivity contribution in [3.8, 4) is 0 Å². The molecule has 0 bridgehead atoms. The van der Waals surface area contributed by atoms with E-state index in [9.17, 15) is 0 Å². The molecule has 0 aliphatic rings. The summed E-state index contributed by atoms with van der Waals surface area (Å²) < 4.78 is 0. The molecule has 0 saturated carbocycles. The van der Waals surface area contributed by atoms with Crippen molar-refractivity contribution in [1.29, 1.82) is 0 Å². The highest BCUT2D eigenvalue weighted by molar-refractivity contribution is 7.59. The second kappa shape index (κ2) is 33.8. The molecule has 0 aliphatic heterocycles. The number of unbranched alkanes of at least 4 members (excludes halogenated alkanes) is 15. The Bertz CT molecular complexity index is 383. The van der Waals surface area contributed by atoms with Gasteiger partial charge in [-0.05, 0) is 100 Å². The first-order chi connectivity index (χ1) is 19.2. The summed E-state index contributed by atoms with van der Waals surface area (Å²) in [5, 5.41) is 0. The highest BCUT2D eigenvalue weighted by Gasteiger charge is 2.14.